The van der Waals surface area contributed by atoms with E-state index in [1.165, 1.54) is 6.92 Å². The van der Waals surface area contributed by atoms with Crippen molar-refractivity contribution in [3.63, 3.8) is 0 Å². The summed E-state index contributed by atoms with van der Waals surface area (Å²) in [5.74, 6) is 4.29. The van der Waals surface area contributed by atoms with Crippen molar-refractivity contribution in [1.82, 2.24) is 0 Å². The first-order valence-corrected chi connectivity index (χ1v) is 7.44. The van der Waals surface area contributed by atoms with Gasteiger partial charge in [-0.3, -0.25) is 0 Å². The van der Waals surface area contributed by atoms with Crippen LogP contribution in [0.25, 0.3) is 0 Å². The van der Waals surface area contributed by atoms with E-state index in [1.54, 1.807) is 0 Å². The van der Waals surface area contributed by atoms with Gasteiger partial charge in [0.15, 0.2) is 0 Å². The molecule has 0 aromatic rings. The summed E-state index contributed by atoms with van der Waals surface area (Å²) in [6.45, 7) is 2.06. The topological polar surface area (TPSA) is 26.3 Å². The number of rotatable bonds is 3. The van der Waals surface area contributed by atoms with Gasteiger partial charge in [0.25, 0.3) is 0 Å². The molecule has 0 aromatic carbocycles. The van der Waals surface area contributed by atoms with E-state index >= 15 is 0 Å². The van der Waals surface area contributed by atoms with Gasteiger partial charge in [-0.1, -0.05) is 0 Å². The first-order valence-electron chi connectivity index (χ1n) is 2.80. The van der Waals surface area contributed by atoms with E-state index in [2.05, 4.69) is 11.6 Å². The maximum atomic E-state index is 10.2. The Morgan fingerprint density at radius 3 is 2.44 bits per heavy atom. The monoisotopic (exact) mass is 197 g/mol. The summed E-state index contributed by atoms with van der Waals surface area (Å²) in [5, 5.41) is 1.08. The summed E-state index contributed by atoms with van der Waals surface area (Å²) in [5.41, 5.74) is 0. The first kappa shape index (κ1) is 8.99. The molecule has 0 unspecified atom stereocenters. The average molecular weight is 196 g/mol. The summed E-state index contributed by atoms with van der Waals surface area (Å²) in [6, 6.07) is 0. The quantitative estimate of drug-likeness (QED) is 0.502. The zero-order chi connectivity index (χ0) is 7.28. The predicted molar refractivity (Wildman–Crippen MR) is 38.9 cm³/mol. The fourth-order valence-corrected chi connectivity index (χ4v) is 1.23. The van der Waals surface area contributed by atoms with E-state index in [4.69, 9.17) is 4.74 Å². The number of esters is 1. The molecule has 0 heterocycles. The summed E-state index contributed by atoms with van der Waals surface area (Å²) >= 11 is -0.394. The summed E-state index contributed by atoms with van der Waals surface area (Å²) in [7, 11) is 0. The second-order valence-corrected chi connectivity index (χ2v) is 7.02. The van der Waals surface area contributed by atoms with Crippen LogP contribution in [0.1, 0.15) is 6.92 Å². The number of ether oxygens (including phenoxy) is 1. The van der Waals surface area contributed by atoms with Gasteiger partial charge in [0.1, 0.15) is 0 Å². The fourth-order valence-electron chi connectivity index (χ4n) is 0.352. The second kappa shape index (κ2) is 4.83. The van der Waals surface area contributed by atoms with Gasteiger partial charge >= 0.3 is 59.9 Å². The minimum atomic E-state index is -0.394. The van der Waals surface area contributed by atoms with E-state index in [0.29, 0.717) is 6.61 Å². The number of hydrogen-bond acceptors (Lipinski definition) is 2. The molecule has 0 N–H and O–H groups in total. The maximum absolute atomic E-state index is 10.2. The Bertz CT molecular complexity index is 91.1. The van der Waals surface area contributed by atoms with Crippen LogP contribution in [-0.4, -0.2) is 26.5 Å². The second-order valence-electron chi connectivity index (χ2n) is 2.03. The molecule has 0 radical (unpaired) electrons. The normalized spacial score (nSPS) is 9.78. The zero-order valence-corrected chi connectivity index (χ0v) is 7.85. The van der Waals surface area contributed by atoms with Crippen molar-refractivity contribution in [3.8, 4) is 0 Å². The molecule has 0 atom stereocenters. The molecule has 0 aliphatic rings. The van der Waals surface area contributed by atoms with Gasteiger partial charge in [0.05, 0.1) is 0 Å². The van der Waals surface area contributed by atoms with E-state index < -0.39 is 13.9 Å². The Balaban J connectivity index is 3.01. The SMILES string of the molecule is CC(=O)OCC[Se+](C)C. The van der Waals surface area contributed by atoms with Crippen molar-refractivity contribution in [1.29, 1.82) is 0 Å². The zero-order valence-electron chi connectivity index (χ0n) is 6.14. The Morgan fingerprint density at radius 2 is 2.11 bits per heavy atom. The molecule has 0 spiro atoms. The van der Waals surface area contributed by atoms with Gasteiger partial charge in [-0.2, -0.15) is 0 Å². The van der Waals surface area contributed by atoms with Crippen LogP contribution in [-0.2, 0) is 9.53 Å². The van der Waals surface area contributed by atoms with Crippen LogP contribution in [0, 0.1) is 0 Å². The Hall–Kier alpha value is -0.0105. The summed E-state index contributed by atoms with van der Waals surface area (Å²) in [6.07, 6.45) is 0. The van der Waals surface area contributed by atoms with E-state index in [1.807, 2.05) is 0 Å². The third-order valence-corrected chi connectivity index (χ3v) is 2.86. The summed E-state index contributed by atoms with van der Waals surface area (Å²) in [4.78, 5) is 10.2. The van der Waals surface area contributed by atoms with Gasteiger partial charge in [0, 0.05) is 0 Å². The van der Waals surface area contributed by atoms with Gasteiger partial charge in [-0.15, -0.1) is 0 Å². The van der Waals surface area contributed by atoms with Crippen molar-refractivity contribution < 1.29 is 9.53 Å². The Morgan fingerprint density at radius 1 is 1.56 bits per heavy atom. The molecule has 0 aromatic heterocycles. The molecule has 54 valence electrons. The van der Waals surface area contributed by atoms with Gasteiger partial charge in [-0.25, -0.2) is 0 Å². The number of hydrogen-bond donors (Lipinski definition) is 0. The molecule has 0 bridgehead atoms. The van der Waals surface area contributed by atoms with Crippen molar-refractivity contribution in [3.05, 3.63) is 0 Å². The molecular formula is C6H13O2Se+. The van der Waals surface area contributed by atoms with Crippen LogP contribution in [0.3, 0.4) is 0 Å². The molecule has 0 saturated carbocycles. The van der Waals surface area contributed by atoms with Gasteiger partial charge < -0.3 is 0 Å². The molecule has 0 rings (SSSR count). The van der Waals surface area contributed by atoms with Crippen molar-refractivity contribution in [2.24, 2.45) is 0 Å². The Labute approximate surface area is 60.5 Å². The summed E-state index contributed by atoms with van der Waals surface area (Å²) < 4.78 is 4.74. The standard InChI is InChI=1S/C6H13O2Se/c1-6(7)8-4-5-9(2)3/h4-5H2,1-3H3/q+1. The Kier molecular flexibility index (Phi) is 4.82. The van der Waals surface area contributed by atoms with Crippen LogP contribution in [0.2, 0.25) is 17.0 Å². The molecule has 2 nitrogen and oxygen atoms in total. The van der Waals surface area contributed by atoms with Gasteiger partial charge in [0.2, 0.25) is 0 Å². The van der Waals surface area contributed by atoms with E-state index in [-0.39, 0.29) is 5.97 Å². The number of carbonyl (C=O) groups excluding carboxylic acids is 1. The molecule has 9 heavy (non-hydrogen) atoms. The van der Waals surface area contributed by atoms with Crippen LogP contribution in [0.5, 0.6) is 0 Å². The molecule has 3 heteroatoms. The molecule has 0 amide bonds. The third kappa shape index (κ3) is 7.99. The van der Waals surface area contributed by atoms with E-state index in [9.17, 15) is 4.79 Å². The molecule has 0 saturated heterocycles. The van der Waals surface area contributed by atoms with Crippen molar-refractivity contribution in [2.75, 3.05) is 6.61 Å². The van der Waals surface area contributed by atoms with Crippen LogP contribution in [0.15, 0.2) is 0 Å². The van der Waals surface area contributed by atoms with E-state index in [0.717, 1.165) is 5.32 Å². The van der Waals surface area contributed by atoms with Crippen LogP contribution in [0.4, 0.5) is 0 Å². The minimum absolute atomic E-state index is 0.165. The first-order chi connectivity index (χ1) is 4.13. The van der Waals surface area contributed by atoms with Crippen molar-refractivity contribution in [2.45, 2.75) is 23.9 Å². The molecular weight excluding hydrogens is 183 g/mol. The predicted octanol–water partition coefficient (Wildman–Crippen LogP) is 1.30. The van der Waals surface area contributed by atoms with Gasteiger partial charge in [-0.05, 0) is 0 Å². The van der Waals surface area contributed by atoms with Crippen molar-refractivity contribution >= 4 is 19.9 Å². The van der Waals surface area contributed by atoms with Crippen LogP contribution < -0.4 is 0 Å². The van der Waals surface area contributed by atoms with Crippen LogP contribution >= 0.6 is 0 Å². The fraction of sp³-hybridized carbons (Fsp3) is 0.833. The molecule has 0 aliphatic heterocycles. The average Bonchev–Trinajstić information content (AvgIpc) is 1.63. The molecule has 0 aliphatic carbocycles. The third-order valence-electron chi connectivity index (χ3n) is 0.797. The molecule has 0 fully saturated rings. The number of carbonyl (C=O) groups is 1.